The molecule has 0 atom stereocenters. The first-order chi connectivity index (χ1) is 5.65. The van der Waals surface area contributed by atoms with Gasteiger partial charge in [-0.2, -0.15) is 5.26 Å². The highest BCUT2D eigenvalue weighted by molar-refractivity contribution is 5.42. The Hall–Kier alpha value is -1.29. The number of nitriles is 1. The molecule has 1 aromatic rings. The minimum absolute atomic E-state index is 0.764. The quantitative estimate of drug-likeness (QED) is 0.616. The fraction of sp³-hybridized carbons (Fsp3) is 0.273. The second-order valence-corrected chi connectivity index (χ2v) is 3.14. The molecular formula is C11H12N. The Balaban J connectivity index is 3.12. The SMILES string of the molecule is C[C](C)c1ccc(C#N)c(C)c1. The standard InChI is InChI=1S/C11H12N/c1-8(2)10-4-5-11(7-12)9(3)6-10/h4-6H,1-3H3. The van der Waals surface area contributed by atoms with Gasteiger partial charge in [0.05, 0.1) is 11.6 Å². The number of benzene rings is 1. The summed E-state index contributed by atoms with van der Waals surface area (Å²) in [6.45, 7) is 6.10. The van der Waals surface area contributed by atoms with Crippen LogP contribution in [0.5, 0.6) is 0 Å². The molecule has 1 rings (SSSR count). The van der Waals surface area contributed by atoms with Crippen LogP contribution in [-0.2, 0) is 0 Å². The van der Waals surface area contributed by atoms with E-state index < -0.39 is 0 Å². The van der Waals surface area contributed by atoms with Crippen LogP contribution >= 0.6 is 0 Å². The minimum Gasteiger partial charge on any atom is -0.192 e. The molecular weight excluding hydrogens is 146 g/mol. The van der Waals surface area contributed by atoms with E-state index in [1.54, 1.807) is 0 Å². The van der Waals surface area contributed by atoms with E-state index >= 15 is 0 Å². The zero-order valence-electron chi connectivity index (χ0n) is 7.68. The molecule has 0 saturated heterocycles. The molecule has 0 heterocycles. The molecule has 1 heteroatoms. The maximum absolute atomic E-state index is 8.69. The fourth-order valence-corrected chi connectivity index (χ4v) is 1.10. The summed E-state index contributed by atoms with van der Waals surface area (Å²) in [6.07, 6.45) is 0. The van der Waals surface area contributed by atoms with Crippen molar-refractivity contribution in [2.24, 2.45) is 0 Å². The van der Waals surface area contributed by atoms with Crippen LogP contribution in [0.3, 0.4) is 0 Å². The first-order valence-electron chi connectivity index (χ1n) is 3.96. The van der Waals surface area contributed by atoms with Gasteiger partial charge in [-0.3, -0.25) is 0 Å². The lowest BCUT2D eigenvalue weighted by atomic mass is 9.98. The molecule has 0 aliphatic rings. The lowest BCUT2D eigenvalue weighted by Gasteiger charge is -2.05. The molecule has 0 fully saturated rings. The molecule has 0 aliphatic heterocycles. The third-order valence-corrected chi connectivity index (χ3v) is 1.92. The van der Waals surface area contributed by atoms with Crippen LogP contribution in [0.4, 0.5) is 0 Å². The predicted molar refractivity (Wildman–Crippen MR) is 49.6 cm³/mol. The summed E-state index contributed by atoms with van der Waals surface area (Å²) in [5.74, 6) is 1.28. The van der Waals surface area contributed by atoms with Crippen molar-refractivity contribution < 1.29 is 0 Å². The molecule has 0 bridgehead atoms. The van der Waals surface area contributed by atoms with Crippen molar-refractivity contribution in [2.75, 3.05) is 0 Å². The number of hydrogen-bond donors (Lipinski definition) is 0. The number of aryl methyl sites for hydroxylation is 1. The van der Waals surface area contributed by atoms with Crippen LogP contribution in [0.1, 0.15) is 30.5 Å². The summed E-state index contributed by atoms with van der Waals surface area (Å²) in [7, 11) is 0. The van der Waals surface area contributed by atoms with Gasteiger partial charge >= 0.3 is 0 Å². The Kier molecular flexibility index (Phi) is 2.50. The molecule has 1 nitrogen and oxygen atoms in total. The molecule has 0 amide bonds. The third-order valence-electron chi connectivity index (χ3n) is 1.92. The highest BCUT2D eigenvalue weighted by Crippen LogP contribution is 2.16. The molecule has 0 aromatic heterocycles. The lowest BCUT2D eigenvalue weighted by molar-refractivity contribution is 1.14. The van der Waals surface area contributed by atoms with Gasteiger partial charge in [0.25, 0.3) is 0 Å². The first kappa shape index (κ1) is 8.80. The van der Waals surface area contributed by atoms with Crippen molar-refractivity contribution in [3.05, 3.63) is 40.8 Å². The zero-order valence-corrected chi connectivity index (χ0v) is 7.68. The van der Waals surface area contributed by atoms with E-state index in [4.69, 9.17) is 5.26 Å². The zero-order chi connectivity index (χ0) is 9.14. The Morgan fingerprint density at radius 2 is 2.00 bits per heavy atom. The summed E-state index contributed by atoms with van der Waals surface area (Å²) in [4.78, 5) is 0. The highest BCUT2D eigenvalue weighted by Gasteiger charge is 2.02. The van der Waals surface area contributed by atoms with Crippen LogP contribution in [0.2, 0.25) is 0 Å². The van der Waals surface area contributed by atoms with E-state index in [2.05, 4.69) is 19.9 Å². The van der Waals surface area contributed by atoms with Crippen molar-refractivity contribution in [1.82, 2.24) is 0 Å². The normalized spacial score (nSPS) is 9.92. The average Bonchev–Trinajstić information content (AvgIpc) is 2.04. The van der Waals surface area contributed by atoms with Gasteiger partial charge in [-0.25, -0.2) is 0 Å². The summed E-state index contributed by atoms with van der Waals surface area (Å²) >= 11 is 0. The monoisotopic (exact) mass is 158 g/mol. The van der Waals surface area contributed by atoms with Gasteiger partial charge in [0.1, 0.15) is 0 Å². The van der Waals surface area contributed by atoms with E-state index in [1.807, 2.05) is 25.1 Å². The molecule has 1 aromatic carbocycles. The smallest absolute Gasteiger partial charge is 0.0994 e. The maximum atomic E-state index is 8.69. The Morgan fingerprint density at radius 1 is 1.33 bits per heavy atom. The van der Waals surface area contributed by atoms with Crippen LogP contribution in [-0.4, -0.2) is 0 Å². The average molecular weight is 158 g/mol. The van der Waals surface area contributed by atoms with E-state index in [-0.39, 0.29) is 0 Å². The van der Waals surface area contributed by atoms with Crippen LogP contribution in [0.15, 0.2) is 18.2 Å². The van der Waals surface area contributed by atoms with Crippen molar-refractivity contribution in [3.8, 4) is 6.07 Å². The van der Waals surface area contributed by atoms with Crippen LogP contribution < -0.4 is 0 Å². The van der Waals surface area contributed by atoms with E-state index in [0.717, 1.165) is 11.1 Å². The van der Waals surface area contributed by atoms with Crippen LogP contribution in [0, 0.1) is 24.2 Å². The highest BCUT2D eigenvalue weighted by atomic mass is 14.2. The molecule has 0 unspecified atom stereocenters. The van der Waals surface area contributed by atoms with Gasteiger partial charge in [-0.15, -0.1) is 0 Å². The fourth-order valence-electron chi connectivity index (χ4n) is 1.10. The topological polar surface area (TPSA) is 23.8 Å². The number of nitrogens with zero attached hydrogens (tertiary/aromatic N) is 1. The summed E-state index contributed by atoms with van der Waals surface area (Å²) in [5.41, 5.74) is 3.03. The van der Waals surface area contributed by atoms with E-state index in [9.17, 15) is 0 Å². The molecule has 0 N–H and O–H groups in total. The summed E-state index contributed by atoms with van der Waals surface area (Å²) in [5, 5.41) is 8.69. The van der Waals surface area contributed by atoms with E-state index in [0.29, 0.717) is 0 Å². The first-order valence-corrected chi connectivity index (χ1v) is 3.96. The Bertz CT molecular complexity index is 318. The van der Waals surface area contributed by atoms with Gasteiger partial charge in [-0.05, 0) is 30.0 Å². The second kappa shape index (κ2) is 3.40. The summed E-state index contributed by atoms with van der Waals surface area (Å²) < 4.78 is 0. The maximum Gasteiger partial charge on any atom is 0.0994 e. The largest absolute Gasteiger partial charge is 0.192 e. The second-order valence-electron chi connectivity index (χ2n) is 3.14. The van der Waals surface area contributed by atoms with Crippen molar-refractivity contribution in [2.45, 2.75) is 20.8 Å². The van der Waals surface area contributed by atoms with Crippen LogP contribution in [0.25, 0.3) is 0 Å². The molecule has 0 saturated carbocycles. The van der Waals surface area contributed by atoms with Crippen molar-refractivity contribution in [1.29, 1.82) is 5.26 Å². The van der Waals surface area contributed by atoms with Crippen molar-refractivity contribution >= 4 is 0 Å². The Morgan fingerprint density at radius 3 is 2.42 bits per heavy atom. The van der Waals surface area contributed by atoms with Gasteiger partial charge in [0.15, 0.2) is 0 Å². The molecule has 12 heavy (non-hydrogen) atoms. The van der Waals surface area contributed by atoms with Gasteiger partial charge in [0.2, 0.25) is 0 Å². The van der Waals surface area contributed by atoms with E-state index in [1.165, 1.54) is 11.5 Å². The molecule has 1 radical (unpaired) electrons. The number of rotatable bonds is 1. The molecule has 61 valence electrons. The van der Waals surface area contributed by atoms with Gasteiger partial charge in [0, 0.05) is 0 Å². The van der Waals surface area contributed by atoms with Crippen molar-refractivity contribution in [3.63, 3.8) is 0 Å². The lowest BCUT2D eigenvalue weighted by Crippen LogP contribution is -1.90. The summed E-state index contributed by atoms with van der Waals surface area (Å²) in [6, 6.07) is 8.06. The third kappa shape index (κ3) is 1.65. The minimum atomic E-state index is 0.764. The van der Waals surface area contributed by atoms with Gasteiger partial charge in [-0.1, -0.05) is 26.0 Å². The Labute approximate surface area is 73.6 Å². The van der Waals surface area contributed by atoms with Gasteiger partial charge < -0.3 is 0 Å². The number of hydrogen-bond acceptors (Lipinski definition) is 1. The molecule has 0 aliphatic carbocycles. The molecule has 0 spiro atoms. The predicted octanol–water partition coefficient (Wildman–Crippen LogP) is 2.83.